The molecule has 3 aliphatic rings. The van der Waals surface area contributed by atoms with Crippen LogP contribution in [0, 0.1) is 0 Å². The van der Waals surface area contributed by atoms with Crippen molar-refractivity contribution >= 4 is 17.5 Å². The standard InChI is InChI=1S/C17H13F3N4.C15H14N2O.C6H12O.C2H6N2O/c18-17(19,20)16-23-22-15-5-1-3-12-9-11(6-7-14(12)24(15)16)13-4-2-8-21-10-13;18-15-5-1-3-12-9-11(6-7-14(12)17-15)13-4-2-8-16-10-13;7-6-4-2-1-3-5-6;1-2(5)4-3/h2,4,6-10H,1,3,5H2;2,4,6-10H,1,3,5H2,(H,17,18);6-7H,1-5H2;3H2,1H3,(H,4,5). The molecule has 3 aromatic heterocycles. The normalized spacial score (nSPS) is 15.0. The number of hydrogen-bond donors (Lipinski definition) is 4. The fourth-order valence-electron chi connectivity index (χ4n) is 6.44. The summed E-state index contributed by atoms with van der Waals surface area (Å²) in [5, 5.41) is 19.0. The molecule has 1 fully saturated rings. The number of amides is 2. The Morgan fingerprint density at radius 2 is 1.41 bits per heavy atom. The summed E-state index contributed by atoms with van der Waals surface area (Å²) in [7, 11) is 0. The number of halogens is 3. The van der Waals surface area contributed by atoms with E-state index >= 15 is 0 Å². The summed E-state index contributed by atoms with van der Waals surface area (Å²) in [6, 6.07) is 19.4. The Balaban J connectivity index is 0.000000163. The van der Waals surface area contributed by atoms with Gasteiger partial charge in [0.05, 0.1) is 11.8 Å². The largest absolute Gasteiger partial charge is 0.452 e. The number of aliphatic hydroxyl groups is 1. The number of hydrogen-bond acceptors (Lipinski definition) is 8. The van der Waals surface area contributed by atoms with Gasteiger partial charge in [-0.1, -0.05) is 43.5 Å². The van der Waals surface area contributed by atoms with E-state index in [0.717, 1.165) is 70.2 Å². The lowest BCUT2D eigenvalue weighted by molar-refractivity contribution is -0.146. The number of benzene rings is 2. The number of carbonyl (C=O) groups excluding carboxylic acids is 2. The van der Waals surface area contributed by atoms with Gasteiger partial charge in [-0.15, -0.1) is 10.2 Å². The van der Waals surface area contributed by atoms with Crippen molar-refractivity contribution in [2.24, 2.45) is 5.84 Å². The molecule has 0 bridgehead atoms. The van der Waals surface area contributed by atoms with Crippen LogP contribution in [0.4, 0.5) is 18.9 Å². The van der Waals surface area contributed by atoms with E-state index in [1.165, 1.54) is 31.7 Å². The number of aliphatic hydroxyl groups excluding tert-OH is 1. The first kappa shape index (κ1) is 39.7. The quantitative estimate of drug-likeness (QED) is 0.0842. The molecule has 8 rings (SSSR count). The number of alkyl halides is 3. The molecule has 1 aliphatic carbocycles. The Hall–Kier alpha value is -5.47. The van der Waals surface area contributed by atoms with Gasteiger partial charge in [-0.3, -0.25) is 29.5 Å². The molecular weight excluding hydrogens is 697 g/mol. The summed E-state index contributed by atoms with van der Waals surface area (Å²) in [5.41, 5.74) is 9.55. The molecular formula is C40H45F3N8O3. The number of anilines is 1. The number of nitrogens with two attached hydrogens (primary N) is 1. The molecule has 0 saturated heterocycles. The number of pyridine rings is 2. The lowest BCUT2D eigenvalue weighted by atomic mass is 9.98. The second kappa shape index (κ2) is 19.0. The maximum atomic E-state index is 13.2. The lowest BCUT2D eigenvalue weighted by Crippen LogP contribution is -2.26. The molecule has 284 valence electrons. The predicted octanol–water partition coefficient (Wildman–Crippen LogP) is 7.17. The minimum atomic E-state index is -4.53. The molecule has 2 aliphatic heterocycles. The molecule has 0 atom stereocenters. The van der Waals surface area contributed by atoms with Crippen molar-refractivity contribution in [1.29, 1.82) is 0 Å². The van der Waals surface area contributed by atoms with Gasteiger partial charge < -0.3 is 10.4 Å². The van der Waals surface area contributed by atoms with E-state index in [1.54, 1.807) is 24.7 Å². The number of rotatable bonds is 2. The molecule has 5 heterocycles. The third-order valence-electron chi connectivity index (χ3n) is 9.15. The number of aromatic nitrogens is 5. The molecule has 14 heteroatoms. The number of carbonyl (C=O) groups is 2. The summed E-state index contributed by atoms with van der Waals surface area (Å²) in [6.45, 7) is 1.35. The van der Waals surface area contributed by atoms with Gasteiger partial charge in [-0.05, 0) is 108 Å². The molecule has 5 N–H and O–H groups in total. The van der Waals surface area contributed by atoms with Crippen molar-refractivity contribution in [2.45, 2.75) is 89.8 Å². The maximum Gasteiger partial charge on any atom is 0.452 e. The Kier molecular flexibility index (Phi) is 14.0. The van der Waals surface area contributed by atoms with Gasteiger partial charge in [-0.25, -0.2) is 5.84 Å². The highest BCUT2D eigenvalue weighted by Crippen LogP contribution is 2.35. The van der Waals surface area contributed by atoms with Crippen LogP contribution in [-0.2, 0) is 35.0 Å². The second-order valence-electron chi connectivity index (χ2n) is 13.2. The summed E-state index contributed by atoms with van der Waals surface area (Å²) in [5.74, 6) is 3.86. The summed E-state index contributed by atoms with van der Waals surface area (Å²) >= 11 is 0. The minimum Gasteiger partial charge on any atom is -0.393 e. The van der Waals surface area contributed by atoms with Gasteiger partial charge in [0.2, 0.25) is 17.6 Å². The van der Waals surface area contributed by atoms with Crippen molar-refractivity contribution in [3.05, 3.63) is 108 Å². The predicted molar refractivity (Wildman–Crippen MR) is 200 cm³/mol. The van der Waals surface area contributed by atoms with E-state index in [9.17, 15) is 22.8 Å². The Morgan fingerprint density at radius 3 is 1.96 bits per heavy atom. The van der Waals surface area contributed by atoms with Gasteiger partial charge >= 0.3 is 6.18 Å². The van der Waals surface area contributed by atoms with E-state index in [2.05, 4.69) is 37.4 Å². The van der Waals surface area contributed by atoms with Crippen LogP contribution < -0.4 is 16.6 Å². The van der Waals surface area contributed by atoms with E-state index in [1.807, 2.05) is 60.2 Å². The molecule has 0 unspecified atom stereocenters. The highest BCUT2D eigenvalue weighted by Gasteiger charge is 2.39. The van der Waals surface area contributed by atoms with E-state index < -0.39 is 12.0 Å². The first-order valence-electron chi connectivity index (χ1n) is 18.1. The zero-order valence-corrected chi connectivity index (χ0v) is 30.1. The van der Waals surface area contributed by atoms with E-state index in [4.69, 9.17) is 5.11 Å². The van der Waals surface area contributed by atoms with Crippen LogP contribution in [0.2, 0.25) is 0 Å². The molecule has 0 spiro atoms. The number of aryl methyl sites for hydroxylation is 3. The third-order valence-corrected chi connectivity index (χ3v) is 9.15. The van der Waals surface area contributed by atoms with Crippen LogP contribution >= 0.6 is 0 Å². The zero-order chi connectivity index (χ0) is 38.5. The van der Waals surface area contributed by atoms with Gasteiger partial charge in [0, 0.05) is 50.2 Å². The van der Waals surface area contributed by atoms with Gasteiger partial charge in [-0.2, -0.15) is 13.2 Å². The zero-order valence-electron chi connectivity index (χ0n) is 30.1. The molecule has 0 radical (unpaired) electrons. The minimum absolute atomic E-state index is 0.0359. The van der Waals surface area contributed by atoms with Crippen LogP contribution in [0.3, 0.4) is 0 Å². The van der Waals surface area contributed by atoms with Crippen LogP contribution in [0.5, 0.6) is 0 Å². The van der Waals surface area contributed by atoms with Crippen LogP contribution in [0.1, 0.15) is 81.1 Å². The van der Waals surface area contributed by atoms with Gasteiger partial charge in [0.25, 0.3) is 0 Å². The smallest absolute Gasteiger partial charge is 0.393 e. The molecule has 2 aromatic carbocycles. The van der Waals surface area contributed by atoms with Gasteiger partial charge in [0.15, 0.2) is 0 Å². The Labute approximate surface area is 312 Å². The third kappa shape index (κ3) is 11.0. The summed E-state index contributed by atoms with van der Waals surface area (Å²) in [6.07, 6.45) is 12.8. The average Bonchev–Trinajstić information content (AvgIpc) is 3.41. The fraction of sp³-hybridized carbons (Fsp3) is 0.350. The van der Waals surface area contributed by atoms with Crippen molar-refractivity contribution in [1.82, 2.24) is 30.2 Å². The van der Waals surface area contributed by atoms with E-state index in [-0.39, 0.29) is 17.9 Å². The maximum absolute atomic E-state index is 13.2. The molecule has 1 saturated carbocycles. The summed E-state index contributed by atoms with van der Waals surface area (Å²) in [4.78, 5) is 29.3. The first-order chi connectivity index (χ1) is 26.0. The second-order valence-corrected chi connectivity index (χ2v) is 13.2. The first-order valence-corrected chi connectivity index (χ1v) is 18.1. The van der Waals surface area contributed by atoms with Crippen LogP contribution in [-0.4, -0.2) is 47.8 Å². The lowest BCUT2D eigenvalue weighted by Gasteiger charge is -2.14. The SMILES string of the molecule is CC(=O)NN.FC(F)(F)c1nnc2n1-c1ccc(-c3cccnc3)cc1CCC2.O=C1CCCc2cc(-c3cccnc3)ccc2N1.OC1CCCCC1. The molecule has 2 amide bonds. The van der Waals surface area contributed by atoms with Crippen LogP contribution in [0.25, 0.3) is 27.9 Å². The van der Waals surface area contributed by atoms with Crippen molar-refractivity contribution in [3.63, 3.8) is 0 Å². The van der Waals surface area contributed by atoms with Gasteiger partial charge in [0.1, 0.15) is 5.82 Å². The fourth-order valence-corrected chi connectivity index (χ4v) is 6.44. The van der Waals surface area contributed by atoms with Crippen molar-refractivity contribution < 1.29 is 27.9 Å². The number of fused-ring (bicyclic) bond motifs is 4. The average molecular weight is 743 g/mol. The van der Waals surface area contributed by atoms with Crippen molar-refractivity contribution in [2.75, 3.05) is 5.32 Å². The van der Waals surface area contributed by atoms with Crippen LogP contribution in [0.15, 0.2) is 85.5 Å². The highest BCUT2D eigenvalue weighted by molar-refractivity contribution is 5.92. The highest BCUT2D eigenvalue weighted by atomic mass is 19.4. The monoisotopic (exact) mass is 742 g/mol. The number of nitrogens with one attached hydrogen (secondary N) is 2. The Bertz CT molecular complexity index is 1980. The molecule has 11 nitrogen and oxygen atoms in total. The summed E-state index contributed by atoms with van der Waals surface area (Å²) < 4.78 is 40.9. The van der Waals surface area contributed by atoms with Crippen molar-refractivity contribution in [3.8, 4) is 27.9 Å². The number of nitrogens with zero attached hydrogens (tertiary/aromatic N) is 5. The molecule has 54 heavy (non-hydrogen) atoms. The molecule has 5 aromatic rings. The Morgan fingerprint density at radius 1 is 0.815 bits per heavy atom. The topological polar surface area (TPSA) is 161 Å². The van der Waals surface area contributed by atoms with E-state index in [0.29, 0.717) is 30.8 Å². The number of hydrazine groups is 1.